The molecule has 28 heavy (non-hydrogen) atoms. The Morgan fingerprint density at radius 3 is 2.36 bits per heavy atom. The zero-order chi connectivity index (χ0) is 20.6. The van der Waals surface area contributed by atoms with Crippen LogP contribution in [0, 0.1) is 0 Å². The minimum absolute atomic E-state index is 0.104. The summed E-state index contributed by atoms with van der Waals surface area (Å²) in [7, 11) is -1.47. The van der Waals surface area contributed by atoms with Gasteiger partial charge in [-0.3, -0.25) is 9.79 Å². The van der Waals surface area contributed by atoms with Crippen molar-refractivity contribution in [3.05, 3.63) is 59.7 Å². The molecule has 0 spiro atoms. The Morgan fingerprint density at radius 1 is 1.04 bits per heavy atom. The van der Waals surface area contributed by atoms with Crippen LogP contribution < -0.4 is 16.0 Å². The summed E-state index contributed by atoms with van der Waals surface area (Å²) >= 11 is 0. The second-order valence-corrected chi connectivity index (χ2v) is 8.42. The van der Waals surface area contributed by atoms with E-state index >= 15 is 0 Å². The molecule has 0 saturated heterocycles. The summed E-state index contributed by atoms with van der Waals surface area (Å²) in [6, 6.07) is 14.5. The highest BCUT2D eigenvalue weighted by Crippen LogP contribution is 2.11. The Bertz CT molecular complexity index is 938. The standard InChI is InChI=1S/C20H26N4O3S/c1-15(25)24-18-6-4-5-17(13-18)14-23-20(21-2)22-12-11-16-7-9-19(10-8-16)28(3,26)27/h4-10,13H,11-12,14H2,1-3H3,(H,24,25)(H2,21,22,23). The SMILES string of the molecule is CN=C(NCCc1ccc(S(C)(=O)=O)cc1)NCc1cccc(NC(C)=O)c1. The maximum Gasteiger partial charge on any atom is 0.221 e. The van der Waals surface area contributed by atoms with Gasteiger partial charge in [0.2, 0.25) is 5.91 Å². The van der Waals surface area contributed by atoms with Crippen molar-refractivity contribution in [3.63, 3.8) is 0 Å². The topological polar surface area (TPSA) is 99.7 Å². The molecule has 0 aliphatic carbocycles. The number of rotatable bonds is 7. The van der Waals surface area contributed by atoms with Gasteiger partial charge in [0, 0.05) is 39.0 Å². The summed E-state index contributed by atoms with van der Waals surface area (Å²) in [4.78, 5) is 15.7. The first kappa shape index (κ1) is 21.4. The Kier molecular flexibility index (Phi) is 7.57. The van der Waals surface area contributed by atoms with Gasteiger partial charge in [-0.2, -0.15) is 0 Å². The highest BCUT2D eigenvalue weighted by Gasteiger charge is 2.06. The molecule has 0 aliphatic rings. The van der Waals surface area contributed by atoms with Crippen LogP contribution in [0.1, 0.15) is 18.1 Å². The van der Waals surface area contributed by atoms with E-state index < -0.39 is 9.84 Å². The van der Waals surface area contributed by atoms with E-state index in [-0.39, 0.29) is 5.91 Å². The fraction of sp³-hybridized carbons (Fsp3) is 0.300. The van der Waals surface area contributed by atoms with E-state index in [1.165, 1.54) is 13.2 Å². The van der Waals surface area contributed by atoms with Crippen molar-refractivity contribution in [1.29, 1.82) is 0 Å². The van der Waals surface area contributed by atoms with Crippen LogP contribution in [0.4, 0.5) is 5.69 Å². The van der Waals surface area contributed by atoms with Crippen LogP contribution in [-0.2, 0) is 27.6 Å². The minimum atomic E-state index is -3.17. The molecule has 7 nitrogen and oxygen atoms in total. The van der Waals surface area contributed by atoms with E-state index in [1.807, 2.05) is 36.4 Å². The number of nitrogens with zero attached hydrogens (tertiary/aromatic N) is 1. The Morgan fingerprint density at radius 2 is 1.75 bits per heavy atom. The number of amides is 1. The van der Waals surface area contributed by atoms with Crippen LogP contribution in [0.25, 0.3) is 0 Å². The zero-order valence-corrected chi connectivity index (χ0v) is 17.1. The number of guanidine groups is 1. The molecule has 0 aromatic heterocycles. The maximum absolute atomic E-state index is 11.5. The first-order valence-electron chi connectivity index (χ1n) is 8.88. The summed E-state index contributed by atoms with van der Waals surface area (Å²) in [6.45, 7) is 2.70. The number of sulfone groups is 1. The van der Waals surface area contributed by atoms with Gasteiger partial charge in [0.1, 0.15) is 0 Å². The minimum Gasteiger partial charge on any atom is -0.356 e. The zero-order valence-electron chi connectivity index (χ0n) is 16.3. The van der Waals surface area contributed by atoms with E-state index in [0.717, 1.165) is 23.2 Å². The molecule has 3 N–H and O–H groups in total. The summed E-state index contributed by atoms with van der Waals surface area (Å²) in [5.41, 5.74) is 2.82. The number of anilines is 1. The normalized spacial score (nSPS) is 11.8. The highest BCUT2D eigenvalue weighted by molar-refractivity contribution is 7.90. The van der Waals surface area contributed by atoms with Crippen LogP contribution in [-0.4, -0.2) is 40.1 Å². The lowest BCUT2D eigenvalue weighted by Gasteiger charge is -2.13. The molecule has 0 fully saturated rings. The lowest BCUT2D eigenvalue weighted by atomic mass is 10.1. The molecular weight excluding hydrogens is 376 g/mol. The van der Waals surface area contributed by atoms with Gasteiger partial charge >= 0.3 is 0 Å². The Balaban J connectivity index is 1.82. The van der Waals surface area contributed by atoms with Crippen molar-refractivity contribution in [3.8, 4) is 0 Å². The van der Waals surface area contributed by atoms with Gasteiger partial charge in [-0.05, 0) is 41.8 Å². The van der Waals surface area contributed by atoms with Gasteiger partial charge in [-0.1, -0.05) is 24.3 Å². The van der Waals surface area contributed by atoms with Crippen molar-refractivity contribution < 1.29 is 13.2 Å². The fourth-order valence-corrected chi connectivity index (χ4v) is 3.23. The Hall–Kier alpha value is -2.87. The predicted molar refractivity (Wildman–Crippen MR) is 112 cm³/mol. The number of hydrogen-bond acceptors (Lipinski definition) is 4. The lowest BCUT2D eigenvalue weighted by molar-refractivity contribution is -0.114. The van der Waals surface area contributed by atoms with Crippen molar-refractivity contribution >= 4 is 27.4 Å². The van der Waals surface area contributed by atoms with Crippen molar-refractivity contribution in [2.75, 3.05) is 25.2 Å². The molecule has 0 aliphatic heterocycles. The number of nitrogens with one attached hydrogen (secondary N) is 3. The van der Waals surface area contributed by atoms with Crippen molar-refractivity contribution in [1.82, 2.24) is 10.6 Å². The van der Waals surface area contributed by atoms with Gasteiger partial charge in [0.05, 0.1) is 4.90 Å². The Labute approximate surface area is 166 Å². The van der Waals surface area contributed by atoms with Crippen molar-refractivity contribution in [2.24, 2.45) is 4.99 Å². The molecule has 0 heterocycles. The molecule has 1 amide bonds. The third-order valence-corrected chi connectivity index (χ3v) is 5.12. The highest BCUT2D eigenvalue weighted by atomic mass is 32.2. The van der Waals surface area contributed by atoms with Crippen LogP contribution in [0.3, 0.4) is 0 Å². The molecule has 0 unspecified atom stereocenters. The van der Waals surface area contributed by atoms with E-state index in [2.05, 4.69) is 20.9 Å². The second-order valence-electron chi connectivity index (χ2n) is 6.40. The molecule has 0 saturated carbocycles. The fourth-order valence-electron chi connectivity index (χ4n) is 2.60. The average Bonchev–Trinajstić information content (AvgIpc) is 2.64. The molecule has 2 aromatic rings. The summed E-state index contributed by atoms with van der Waals surface area (Å²) < 4.78 is 23.0. The number of aliphatic imine (C=N–C) groups is 1. The molecule has 150 valence electrons. The third-order valence-electron chi connectivity index (χ3n) is 3.99. The van der Waals surface area contributed by atoms with Gasteiger partial charge in [0.15, 0.2) is 15.8 Å². The smallest absolute Gasteiger partial charge is 0.221 e. The molecule has 0 atom stereocenters. The van der Waals surface area contributed by atoms with E-state index in [4.69, 9.17) is 0 Å². The van der Waals surface area contributed by atoms with E-state index in [9.17, 15) is 13.2 Å². The van der Waals surface area contributed by atoms with Crippen LogP contribution in [0.15, 0.2) is 58.4 Å². The average molecular weight is 403 g/mol. The van der Waals surface area contributed by atoms with Crippen LogP contribution in [0.2, 0.25) is 0 Å². The largest absolute Gasteiger partial charge is 0.356 e. The number of carbonyl (C=O) groups excluding carboxylic acids is 1. The molecule has 2 aromatic carbocycles. The van der Waals surface area contributed by atoms with Crippen LogP contribution in [0.5, 0.6) is 0 Å². The lowest BCUT2D eigenvalue weighted by Crippen LogP contribution is -2.37. The monoisotopic (exact) mass is 402 g/mol. The summed E-state index contributed by atoms with van der Waals surface area (Å²) in [5, 5.41) is 9.22. The van der Waals surface area contributed by atoms with Gasteiger partial charge in [-0.25, -0.2) is 8.42 Å². The van der Waals surface area contributed by atoms with E-state index in [0.29, 0.717) is 23.9 Å². The number of hydrogen-bond donors (Lipinski definition) is 3. The first-order chi connectivity index (χ1) is 13.3. The van der Waals surface area contributed by atoms with Gasteiger partial charge in [-0.15, -0.1) is 0 Å². The molecule has 2 rings (SSSR count). The summed E-state index contributed by atoms with van der Waals surface area (Å²) in [6.07, 6.45) is 1.94. The van der Waals surface area contributed by atoms with Gasteiger partial charge < -0.3 is 16.0 Å². The first-order valence-corrected chi connectivity index (χ1v) is 10.8. The molecule has 8 heteroatoms. The second kappa shape index (κ2) is 9.89. The quantitative estimate of drug-likeness (QED) is 0.486. The number of benzene rings is 2. The predicted octanol–water partition coefficient (Wildman–Crippen LogP) is 1.96. The molecule has 0 radical (unpaired) electrons. The maximum atomic E-state index is 11.5. The van der Waals surface area contributed by atoms with Crippen LogP contribution >= 0.6 is 0 Å². The third kappa shape index (κ3) is 7.03. The van der Waals surface area contributed by atoms with E-state index in [1.54, 1.807) is 19.2 Å². The summed E-state index contributed by atoms with van der Waals surface area (Å²) in [5.74, 6) is 0.560. The van der Waals surface area contributed by atoms with Gasteiger partial charge in [0.25, 0.3) is 0 Å². The van der Waals surface area contributed by atoms with Crippen molar-refractivity contribution in [2.45, 2.75) is 24.8 Å². The number of carbonyl (C=O) groups is 1. The molecular formula is C20H26N4O3S. The molecule has 0 bridgehead atoms.